The molecule has 0 N–H and O–H groups in total. The molecule has 2 aliphatic rings. The molecule has 6 rings (SSSR count). The zero-order valence-electron chi connectivity index (χ0n) is 21.8. The number of ketones is 1. The zero-order valence-corrected chi connectivity index (χ0v) is 21.8. The lowest BCUT2D eigenvalue weighted by molar-refractivity contribution is -0.122. The predicted octanol–water partition coefficient (Wildman–Crippen LogP) is 5.81. The summed E-state index contributed by atoms with van der Waals surface area (Å²) in [5.74, 6) is 0.241. The van der Waals surface area contributed by atoms with E-state index in [2.05, 4.69) is 98.7 Å². The van der Waals surface area contributed by atoms with Gasteiger partial charge < -0.3 is 9.80 Å². The van der Waals surface area contributed by atoms with Gasteiger partial charge in [0.1, 0.15) is 5.78 Å². The Hall–Kier alpha value is -3.99. The third-order valence-corrected chi connectivity index (χ3v) is 8.32. The molecule has 1 fully saturated rings. The molecule has 0 unspecified atom stereocenters. The molecule has 5 heteroatoms. The Morgan fingerprint density at radius 1 is 0.649 bits per heavy atom. The van der Waals surface area contributed by atoms with Gasteiger partial charge in [-0.25, -0.2) is 0 Å². The molecule has 4 aromatic rings. The summed E-state index contributed by atoms with van der Waals surface area (Å²) < 4.78 is 0. The highest BCUT2D eigenvalue weighted by molar-refractivity contribution is 5.87. The minimum Gasteiger partial charge on any atom is -0.378 e. The second-order valence-corrected chi connectivity index (χ2v) is 10.7. The van der Waals surface area contributed by atoms with Crippen LogP contribution in [0, 0.1) is 0 Å². The number of carbonyl (C=O) groups is 1. The van der Waals surface area contributed by atoms with Crippen molar-refractivity contribution in [1.82, 2.24) is 9.97 Å². The van der Waals surface area contributed by atoms with E-state index in [0.717, 1.165) is 22.8 Å². The summed E-state index contributed by atoms with van der Waals surface area (Å²) in [6, 6.07) is 25.9. The molecule has 2 aliphatic carbocycles. The lowest BCUT2D eigenvalue weighted by atomic mass is 9.52. The Balaban J connectivity index is 1.63. The van der Waals surface area contributed by atoms with Crippen LogP contribution in [0.4, 0.5) is 11.4 Å². The fourth-order valence-electron chi connectivity index (χ4n) is 6.63. The number of Topliss-reactive ketones (excluding diaryl/α,β-unsaturated/α-hetero) is 1. The number of hydrogen-bond donors (Lipinski definition) is 0. The summed E-state index contributed by atoms with van der Waals surface area (Å²) >= 11 is 0. The van der Waals surface area contributed by atoms with Gasteiger partial charge in [0.2, 0.25) is 0 Å². The molecule has 0 aliphatic heterocycles. The van der Waals surface area contributed by atoms with Crippen LogP contribution in [0.15, 0.2) is 85.2 Å². The number of nitrogens with zero attached hydrogens (tertiary/aromatic N) is 4. The standard InChI is InChI=1S/C32H32N4O/c1-35(2)23-13-9-21(10-14-23)28-19-25(37)20-29(22-11-15-24(16-12-22)36(3)4)32(28)26-7-5-17-33-30(26)31-27(32)8-6-18-34-31/h5-18,28-29H,19-20H2,1-4H3/t28-,29-/m1/s1. The zero-order chi connectivity index (χ0) is 25.7. The van der Waals surface area contributed by atoms with Gasteiger partial charge >= 0.3 is 0 Å². The number of pyridine rings is 2. The number of anilines is 2. The Bertz CT molecular complexity index is 1350. The van der Waals surface area contributed by atoms with Crippen molar-refractivity contribution < 1.29 is 4.79 Å². The monoisotopic (exact) mass is 488 g/mol. The minimum atomic E-state index is -0.444. The van der Waals surface area contributed by atoms with Gasteiger partial charge in [-0.2, -0.15) is 0 Å². The molecule has 186 valence electrons. The minimum absolute atomic E-state index is 0.0307. The van der Waals surface area contributed by atoms with E-state index in [4.69, 9.17) is 9.97 Å². The van der Waals surface area contributed by atoms with Crippen LogP contribution in [0.1, 0.15) is 46.9 Å². The normalized spacial score (nSPS) is 19.4. The lowest BCUT2D eigenvalue weighted by Crippen LogP contribution is -2.45. The second-order valence-electron chi connectivity index (χ2n) is 10.7. The van der Waals surface area contributed by atoms with Gasteiger partial charge in [-0.3, -0.25) is 14.8 Å². The van der Waals surface area contributed by atoms with Crippen molar-refractivity contribution in [2.75, 3.05) is 38.0 Å². The summed E-state index contributed by atoms with van der Waals surface area (Å²) in [7, 11) is 8.20. The molecule has 2 aromatic heterocycles. The fourth-order valence-corrected chi connectivity index (χ4v) is 6.63. The van der Waals surface area contributed by atoms with Crippen LogP contribution in [-0.2, 0) is 10.2 Å². The first-order valence-corrected chi connectivity index (χ1v) is 12.9. The summed E-state index contributed by atoms with van der Waals surface area (Å²) in [6.07, 6.45) is 4.70. The van der Waals surface area contributed by atoms with E-state index in [0.29, 0.717) is 18.6 Å². The Labute approximate surface area is 218 Å². The number of hydrogen-bond acceptors (Lipinski definition) is 5. The van der Waals surface area contributed by atoms with E-state index in [1.807, 2.05) is 24.5 Å². The Kier molecular flexibility index (Phi) is 5.59. The van der Waals surface area contributed by atoms with Crippen molar-refractivity contribution in [3.05, 3.63) is 107 Å². The van der Waals surface area contributed by atoms with Gasteiger partial charge in [-0.05, 0) is 58.7 Å². The van der Waals surface area contributed by atoms with Crippen molar-refractivity contribution in [1.29, 1.82) is 0 Å². The van der Waals surface area contributed by atoms with Crippen molar-refractivity contribution in [3.8, 4) is 11.4 Å². The first kappa shape index (κ1) is 23.4. The molecule has 37 heavy (non-hydrogen) atoms. The van der Waals surface area contributed by atoms with E-state index < -0.39 is 5.41 Å². The van der Waals surface area contributed by atoms with E-state index in [-0.39, 0.29) is 11.8 Å². The van der Waals surface area contributed by atoms with E-state index in [1.54, 1.807) is 0 Å². The Morgan fingerprint density at radius 2 is 1.05 bits per heavy atom. The maximum Gasteiger partial charge on any atom is 0.134 e. The molecule has 2 atom stereocenters. The molecule has 1 saturated carbocycles. The van der Waals surface area contributed by atoms with Crippen LogP contribution in [0.5, 0.6) is 0 Å². The average Bonchev–Trinajstić information content (AvgIpc) is 3.21. The highest BCUT2D eigenvalue weighted by Gasteiger charge is 2.58. The van der Waals surface area contributed by atoms with Crippen LogP contribution >= 0.6 is 0 Å². The molecular weight excluding hydrogens is 456 g/mol. The van der Waals surface area contributed by atoms with Gasteiger partial charge in [0.25, 0.3) is 0 Å². The van der Waals surface area contributed by atoms with Crippen molar-refractivity contribution in [3.63, 3.8) is 0 Å². The largest absolute Gasteiger partial charge is 0.378 e. The number of benzene rings is 2. The number of aromatic nitrogens is 2. The molecular formula is C32H32N4O. The van der Waals surface area contributed by atoms with Crippen LogP contribution in [0.25, 0.3) is 11.4 Å². The summed E-state index contributed by atoms with van der Waals surface area (Å²) in [6.45, 7) is 0. The lowest BCUT2D eigenvalue weighted by Gasteiger charge is -2.49. The third kappa shape index (κ3) is 3.56. The van der Waals surface area contributed by atoms with Gasteiger partial charge in [0.05, 0.1) is 11.4 Å². The maximum atomic E-state index is 13.5. The van der Waals surface area contributed by atoms with Gasteiger partial charge in [-0.15, -0.1) is 0 Å². The number of fused-ring (bicyclic) bond motifs is 5. The smallest absolute Gasteiger partial charge is 0.134 e. The summed E-state index contributed by atoms with van der Waals surface area (Å²) in [5, 5.41) is 0. The van der Waals surface area contributed by atoms with E-state index >= 15 is 0 Å². The third-order valence-electron chi connectivity index (χ3n) is 8.32. The van der Waals surface area contributed by atoms with Crippen LogP contribution in [-0.4, -0.2) is 43.9 Å². The predicted molar refractivity (Wildman–Crippen MR) is 150 cm³/mol. The quantitative estimate of drug-likeness (QED) is 0.363. The van der Waals surface area contributed by atoms with Crippen LogP contribution in [0.2, 0.25) is 0 Å². The molecule has 5 nitrogen and oxygen atoms in total. The fraction of sp³-hybridized carbons (Fsp3) is 0.281. The first-order valence-electron chi connectivity index (χ1n) is 12.9. The number of carbonyl (C=O) groups excluding carboxylic acids is 1. The van der Waals surface area contributed by atoms with Gasteiger partial charge in [0.15, 0.2) is 0 Å². The summed E-state index contributed by atoms with van der Waals surface area (Å²) in [5.41, 5.74) is 8.45. The van der Waals surface area contributed by atoms with Crippen molar-refractivity contribution in [2.24, 2.45) is 0 Å². The SMILES string of the molecule is CN(C)c1ccc([C@H]2CC(=O)C[C@H](c3ccc(N(C)C)cc3)C23c2cccnc2-c2ncccc23)cc1. The highest BCUT2D eigenvalue weighted by Crippen LogP contribution is 2.64. The molecule has 0 radical (unpaired) electrons. The van der Waals surface area contributed by atoms with Gasteiger partial charge in [-0.1, -0.05) is 36.4 Å². The van der Waals surface area contributed by atoms with Crippen molar-refractivity contribution >= 4 is 17.2 Å². The summed E-state index contributed by atoms with van der Waals surface area (Å²) in [4.78, 5) is 27.4. The first-order chi connectivity index (χ1) is 17.9. The molecule has 0 saturated heterocycles. The molecule has 2 heterocycles. The van der Waals surface area contributed by atoms with Crippen LogP contribution < -0.4 is 9.80 Å². The van der Waals surface area contributed by atoms with E-state index in [9.17, 15) is 4.79 Å². The van der Waals surface area contributed by atoms with Crippen LogP contribution in [0.3, 0.4) is 0 Å². The molecule has 2 aromatic carbocycles. The molecule has 0 bridgehead atoms. The van der Waals surface area contributed by atoms with Crippen molar-refractivity contribution in [2.45, 2.75) is 30.1 Å². The molecule has 1 spiro atoms. The number of rotatable bonds is 4. The topological polar surface area (TPSA) is 49.3 Å². The molecule has 0 amide bonds. The average molecular weight is 489 g/mol. The highest BCUT2D eigenvalue weighted by atomic mass is 16.1. The van der Waals surface area contributed by atoms with Gasteiger partial charge in [0, 0.05) is 82.1 Å². The second kappa shape index (κ2) is 8.84. The Morgan fingerprint density at radius 3 is 1.43 bits per heavy atom. The van der Waals surface area contributed by atoms with E-state index in [1.165, 1.54) is 22.3 Å². The maximum absolute atomic E-state index is 13.5.